The minimum absolute atomic E-state index is 0.113. The first kappa shape index (κ1) is 13.3. The zero-order valence-electron chi connectivity index (χ0n) is 10.9. The molecule has 4 nitrogen and oxygen atoms in total. The van der Waals surface area contributed by atoms with Crippen LogP contribution in [0.15, 0.2) is 18.2 Å². The van der Waals surface area contributed by atoms with E-state index in [0.29, 0.717) is 11.3 Å². The van der Waals surface area contributed by atoms with E-state index in [1.807, 2.05) is 18.5 Å². The Morgan fingerprint density at radius 2 is 2.20 bits per heavy atom. The second-order valence-corrected chi connectivity index (χ2v) is 5.47. The van der Waals surface area contributed by atoms with Crippen LogP contribution < -0.4 is 0 Å². The van der Waals surface area contributed by atoms with Crippen LogP contribution in [0, 0.1) is 17.5 Å². The number of hydrogen-bond acceptors (Lipinski definition) is 2. The lowest BCUT2D eigenvalue weighted by molar-refractivity contribution is 0.626. The molecule has 0 saturated carbocycles. The van der Waals surface area contributed by atoms with E-state index < -0.39 is 5.82 Å². The third kappa shape index (κ3) is 2.05. The molecule has 1 aromatic carbocycles. The van der Waals surface area contributed by atoms with E-state index in [2.05, 4.69) is 10.1 Å². The SMILES string of the molecule is Cc1nn(C)c2c1[nH]c(=S)n2Cc1ccc(F)c(Cl)c1. The average molecular weight is 311 g/mol. The Balaban J connectivity index is 2.12. The summed E-state index contributed by atoms with van der Waals surface area (Å²) in [6, 6.07) is 4.67. The summed E-state index contributed by atoms with van der Waals surface area (Å²) in [5.74, 6) is -0.422. The van der Waals surface area contributed by atoms with Crippen molar-refractivity contribution in [3.8, 4) is 0 Å². The summed E-state index contributed by atoms with van der Waals surface area (Å²) >= 11 is 11.2. The lowest BCUT2D eigenvalue weighted by Crippen LogP contribution is -2.04. The molecule has 0 atom stereocenters. The van der Waals surface area contributed by atoms with E-state index >= 15 is 0 Å². The summed E-state index contributed by atoms with van der Waals surface area (Å²) in [7, 11) is 1.87. The zero-order chi connectivity index (χ0) is 14.4. The van der Waals surface area contributed by atoms with Crippen LogP contribution in [-0.2, 0) is 13.6 Å². The Morgan fingerprint density at radius 3 is 2.90 bits per heavy atom. The van der Waals surface area contributed by atoms with Crippen molar-refractivity contribution < 1.29 is 4.39 Å². The van der Waals surface area contributed by atoms with Crippen molar-refractivity contribution in [2.75, 3.05) is 0 Å². The van der Waals surface area contributed by atoms with Gasteiger partial charge in [0.1, 0.15) is 11.3 Å². The number of benzene rings is 1. The van der Waals surface area contributed by atoms with Gasteiger partial charge in [-0.15, -0.1) is 0 Å². The van der Waals surface area contributed by atoms with Crippen molar-refractivity contribution in [2.24, 2.45) is 7.05 Å². The van der Waals surface area contributed by atoms with Gasteiger partial charge in [-0.3, -0.25) is 9.25 Å². The predicted molar refractivity (Wildman–Crippen MR) is 79.1 cm³/mol. The van der Waals surface area contributed by atoms with Gasteiger partial charge in [0.05, 0.1) is 17.3 Å². The van der Waals surface area contributed by atoms with Crippen molar-refractivity contribution in [3.05, 3.63) is 45.1 Å². The van der Waals surface area contributed by atoms with Gasteiger partial charge in [-0.1, -0.05) is 17.7 Å². The third-order valence-electron chi connectivity index (χ3n) is 3.25. The molecule has 20 heavy (non-hydrogen) atoms. The van der Waals surface area contributed by atoms with Gasteiger partial charge in [0.25, 0.3) is 0 Å². The van der Waals surface area contributed by atoms with E-state index in [1.165, 1.54) is 6.07 Å². The van der Waals surface area contributed by atoms with Gasteiger partial charge in [-0.2, -0.15) is 5.10 Å². The Hall–Kier alpha value is -1.66. The molecule has 104 valence electrons. The summed E-state index contributed by atoms with van der Waals surface area (Å²) in [4.78, 5) is 3.15. The smallest absolute Gasteiger partial charge is 0.179 e. The van der Waals surface area contributed by atoms with Crippen LogP contribution in [0.2, 0.25) is 5.02 Å². The van der Waals surface area contributed by atoms with Gasteiger partial charge in [0.2, 0.25) is 0 Å². The fourth-order valence-corrected chi connectivity index (χ4v) is 2.80. The number of aromatic nitrogens is 4. The first-order valence-corrected chi connectivity index (χ1v) is 6.82. The maximum Gasteiger partial charge on any atom is 0.179 e. The molecule has 2 aromatic heterocycles. The fraction of sp³-hybridized carbons (Fsp3) is 0.231. The highest BCUT2D eigenvalue weighted by Gasteiger charge is 2.13. The van der Waals surface area contributed by atoms with Gasteiger partial charge < -0.3 is 4.98 Å². The number of imidazole rings is 1. The van der Waals surface area contributed by atoms with Crippen molar-refractivity contribution >= 4 is 35.0 Å². The topological polar surface area (TPSA) is 38.5 Å². The standard InChI is InChI=1S/C13H12ClFN4S/c1-7-11-12(18(2)17-7)19(13(20)16-11)6-8-3-4-10(15)9(14)5-8/h3-5H,6H2,1-2H3,(H,16,20). The van der Waals surface area contributed by atoms with Crippen LogP contribution in [-0.4, -0.2) is 19.3 Å². The van der Waals surface area contributed by atoms with Crippen LogP contribution in [0.25, 0.3) is 11.2 Å². The largest absolute Gasteiger partial charge is 0.328 e. The first-order chi connectivity index (χ1) is 9.47. The van der Waals surface area contributed by atoms with Gasteiger partial charge in [-0.05, 0) is 36.8 Å². The summed E-state index contributed by atoms with van der Waals surface area (Å²) in [5.41, 5.74) is 3.61. The third-order valence-corrected chi connectivity index (χ3v) is 3.86. The average Bonchev–Trinajstić information content (AvgIpc) is 2.84. The maximum atomic E-state index is 13.2. The monoisotopic (exact) mass is 310 g/mol. The fourth-order valence-electron chi connectivity index (χ4n) is 2.34. The lowest BCUT2D eigenvalue weighted by atomic mass is 10.2. The van der Waals surface area contributed by atoms with Gasteiger partial charge in [-0.25, -0.2) is 4.39 Å². The number of H-pyrrole nitrogens is 1. The van der Waals surface area contributed by atoms with Crippen molar-refractivity contribution in [1.82, 2.24) is 19.3 Å². The Labute approximate surface area is 124 Å². The number of nitrogens with one attached hydrogen (secondary N) is 1. The van der Waals surface area contributed by atoms with Gasteiger partial charge in [0.15, 0.2) is 10.4 Å². The van der Waals surface area contributed by atoms with E-state index in [-0.39, 0.29) is 5.02 Å². The number of rotatable bonds is 2. The highest BCUT2D eigenvalue weighted by Crippen LogP contribution is 2.21. The Bertz CT molecular complexity index is 861. The van der Waals surface area contributed by atoms with E-state index in [0.717, 1.165) is 22.4 Å². The van der Waals surface area contributed by atoms with Gasteiger partial charge >= 0.3 is 0 Å². The van der Waals surface area contributed by atoms with Crippen LogP contribution in [0.3, 0.4) is 0 Å². The highest BCUT2D eigenvalue weighted by atomic mass is 35.5. The second-order valence-electron chi connectivity index (χ2n) is 4.67. The van der Waals surface area contributed by atoms with Crippen LogP contribution >= 0.6 is 23.8 Å². The Morgan fingerprint density at radius 1 is 1.45 bits per heavy atom. The van der Waals surface area contributed by atoms with E-state index in [9.17, 15) is 4.39 Å². The number of aryl methyl sites for hydroxylation is 2. The first-order valence-electron chi connectivity index (χ1n) is 6.03. The molecule has 3 aromatic rings. The summed E-state index contributed by atoms with van der Waals surface area (Å²) in [6.07, 6.45) is 0. The molecule has 2 heterocycles. The van der Waals surface area contributed by atoms with E-state index in [4.69, 9.17) is 23.8 Å². The summed E-state index contributed by atoms with van der Waals surface area (Å²) in [5, 5.41) is 4.47. The number of nitrogens with zero attached hydrogens (tertiary/aromatic N) is 3. The summed E-state index contributed by atoms with van der Waals surface area (Å²) < 4.78 is 17.5. The normalized spacial score (nSPS) is 11.4. The molecule has 0 radical (unpaired) electrons. The molecule has 3 rings (SSSR count). The summed E-state index contributed by atoms with van der Waals surface area (Å²) in [6.45, 7) is 2.44. The molecule has 0 bridgehead atoms. The van der Waals surface area contributed by atoms with Crippen molar-refractivity contribution in [3.63, 3.8) is 0 Å². The molecule has 0 aliphatic rings. The highest BCUT2D eigenvalue weighted by molar-refractivity contribution is 7.71. The van der Waals surface area contributed by atoms with Crippen LogP contribution in [0.4, 0.5) is 4.39 Å². The molecule has 0 aliphatic heterocycles. The number of aromatic amines is 1. The molecule has 1 N–H and O–H groups in total. The van der Waals surface area contributed by atoms with Crippen LogP contribution in [0.1, 0.15) is 11.3 Å². The second kappa shape index (κ2) is 4.71. The molecule has 0 saturated heterocycles. The quantitative estimate of drug-likeness (QED) is 0.735. The lowest BCUT2D eigenvalue weighted by Gasteiger charge is -2.06. The van der Waals surface area contributed by atoms with E-state index in [1.54, 1.807) is 16.8 Å². The maximum absolute atomic E-state index is 13.2. The molecule has 0 aliphatic carbocycles. The zero-order valence-corrected chi connectivity index (χ0v) is 12.5. The molecular weight excluding hydrogens is 299 g/mol. The van der Waals surface area contributed by atoms with Gasteiger partial charge in [0, 0.05) is 7.05 Å². The number of fused-ring (bicyclic) bond motifs is 1. The number of hydrogen-bond donors (Lipinski definition) is 1. The predicted octanol–water partition coefficient (Wildman–Crippen LogP) is 3.58. The molecule has 0 spiro atoms. The molecule has 0 unspecified atom stereocenters. The molecule has 0 fully saturated rings. The van der Waals surface area contributed by atoms with Crippen molar-refractivity contribution in [1.29, 1.82) is 0 Å². The van der Waals surface area contributed by atoms with Crippen LogP contribution in [0.5, 0.6) is 0 Å². The molecule has 7 heteroatoms. The molecular formula is C13H12ClFN4S. The minimum Gasteiger partial charge on any atom is -0.328 e. The number of halogens is 2. The van der Waals surface area contributed by atoms with Crippen molar-refractivity contribution in [2.45, 2.75) is 13.5 Å². The minimum atomic E-state index is -0.422. The molecule has 0 amide bonds. The Kier molecular flexibility index (Phi) is 3.14.